The lowest BCUT2D eigenvalue weighted by molar-refractivity contribution is 0.513. The third-order valence-electron chi connectivity index (χ3n) is 4.32. The fourth-order valence-electron chi connectivity index (χ4n) is 2.43. The average molecular weight is 388 g/mol. The van der Waals surface area contributed by atoms with Crippen molar-refractivity contribution in [1.82, 2.24) is 15.5 Å². The molecule has 0 aliphatic carbocycles. The third-order valence-corrected chi connectivity index (χ3v) is 4.32. The standard InChI is InChI=1S/C23H41N5/c1-9-11-14-19(3)18-22(28(8)17-10-2)27-23(25-7)26-21(5)16-13-12-15-20(4)24-6/h9-13,15-16,19-21,24H,2,14,17-18H2,1,3-8H3,(H,25,26)/b11-9?,15-12-,16-13-,27-22+. The van der Waals surface area contributed by atoms with Gasteiger partial charge in [0.25, 0.3) is 0 Å². The molecule has 0 radical (unpaired) electrons. The zero-order valence-corrected chi connectivity index (χ0v) is 18.9. The van der Waals surface area contributed by atoms with Gasteiger partial charge in [-0.25, -0.2) is 4.99 Å². The summed E-state index contributed by atoms with van der Waals surface area (Å²) in [6.45, 7) is 13.1. The Hall–Kier alpha value is -2.14. The topological polar surface area (TPSA) is 52.0 Å². The van der Waals surface area contributed by atoms with Crippen molar-refractivity contribution < 1.29 is 0 Å². The normalized spacial score (nSPS) is 16.7. The minimum atomic E-state index is 0.128. The van der Waals surface area contributed by atoms with Crippen LogP contribution in [0, 0.1) is 5.92 Å². The number of allylic oxidation sites excluding steroid dienone is 4. The van der Waals surface area contributed by atoms with Crippen molar-refractivity contribution in [3.8, 4) is 0 Å². The van der Waals surface area contributed by atoms with Gasteiger partial charge in [-0.3, -0.25) is 4.99 Å². The minimum absolute atomic E-state index is 0.128. The predicted octanol–water partition coefficient (Wildman–Crippen LogP) is 4.18. The van der Waals surface area contributed by atoms with Crippen LogP contribution >= 0.6 is 0 Å². The largest absolute Gasteiger partial charge is 0.359 e. The molecule has 0 spiro atoms. The van der Waals surface area contributed by atoms with Crippen LogP contribution < -0.4 is 10.6 Å². The second kappa shape index (κ2) is 15.9. The lowest BCUT2D eigenvalue weighted by atomic mass is 10.0. The molecule has 0 aromatic rings. The molecule has 0 saturated heterocycles. The molecule has 5 heteroatoms. The fraction of sp³-hybridized carbons (Fsp3) is 0.565. The molecule has 0 amide bonds. The molecule has 0 bridgehead atoms. The molecule has 3 unspecified atom stereocenters. The van der Waals surface area contributed by atoms with Gasteiger partial charge in [0.2, 0.25) is 5.96 Å². The van der Waals surface area contributed by atoms with E-state index in [1.54, 1.807) is 7.05 Å². The maximum Gasteiger partial charge on any atom is 0.219 e. The summed E-state index contributed by atoms with van der Waals surface area (Å²) in [5.41, 5.74) is 0. The highest BCUT2D eigenvalue weighted by molar-refractivity contribution is 5.96. The first-order valence-electron chi connectivity index (χ1n) is 10.1. The first-order valence-corrected chi connectivity index (χ1v) is 10.1. The summed E-state index contributed by atoms with van der Waals surface area (Å²) in [6.07, 6.45) is 16.5. The number of nitrogens with zero attached hydrogens (tertiary/aromatic N) is 3. The first-order chi connectivity index (χ1) is 13.4. The SMILES string of the molecule is C=CCN(C)/C(CC(C)CC=CC)=N/C(=N\C)NC(C)/C=C\C=C/C(C)NC. The van der Waals surface area contributed by atoms with Crippen LogP contribution in [0.4, 0.5) is 0 Å². The summed E-state index contributed by atoms with van der Waals surface area (Å²) in [7, 11) is 5.77. The molecule has 2 N–H and O–H groups in total. The molecular formula is C23H41N5. The molecular weight excluding hydrogens is 346 g/mol. The van der Waals surface area contributed by atoms with E-state index >= 15 is 0 Å². The highest BCUT2D eigenvalue weighted by Gasteiger charge is 2.12. The summed E-state index contributed by atoms with van der Waals surface area (Å²) in [6, 6.07) is 0.487. The second-order valence-corrected chi connectivity index (χ2v) is 7.14. The molecule has 0 fully saturated rings. The van der Waals surface area contributed by atoms with E-state index in [4.69, 9.17) is 4.99 Å². The zero-order valence-electron chi connectivity index (χ0n) is 18.9. The van der Waals surface area contributed by atoms with E-state index in [2.05, 4.69) is 85.2 Å². The molecule has 0 heterocycles. The Bertz CT molecular complexity index is 572. The van der Waals surface area contributed by atoms with Crippen molar-refractivity contribution in [2.24, 2.45) is 15.9 Å². The van der Waals surface area contributed by atoms with Gasteiger partial charge in [0.15, 0.2) is 0 Å². The number of rotatable bonds is 11. The van der Waals surface area contributed by atoms with Crippen LogP contribution in [0.25, 0.3) is 0 Å². The molecule has 0 rings (SSSR count). The summed E-state index contributed by atoms with van der Waals surface area (Å²) < 4.78 is 0. The number of guanidine groups is 1. The maximum absolute atomic E-state index is 4.82. The Labute approximate surface area is 173 Å². The number of nitrogens with one attached hydrogen (secondary N) is 2. The highest BCUT2D eigenvalue weighted by Crippen LogP contribution is 2.12. The van der Waals surface area contributed by atoms with Gasteiger partial charge in [-0.2, -0.15) is 0 Å². The van der Waals surface area contributed by atoms with Crippen molar-refractivity contribution >= 4 is 11.8 Å². The van der Waals surface area contributed by atoms with Crippen LogP contribution in [-0.4, -0.2) is 56.5 Å². The average Bonchev–Trinajstić information content (AvgIpc) is 2.68. The zero-order chi connectivity index (χ0) is 21.4. The van der Waals surface area contributed by atoms with Crippen molar-refractivity contribution in [2.45, 2.75) is 52.6 Å². The lowest BCUT2D eigenvalue weighted by Gasteiger charge is -2.23. The number of hydrogen-bond acceptors (Lipinski definition) is 2. The van der Waals surface area contributed by atoms with Crippen molar-refractivity contribution in [1.29, 1.82) is 0 Å². The molecule has 0 aromatic carbocycles. The fourth-order valence-corrected chi connectivity index (χ4v) is 2.43. The third kappa shape index (κ3) is 12.3. The summed E-state index contributed by atoms with van der Waals surface area (Å²) >= 11 is 0. The Morgan fingerprint density at radius 2 is 1.79 bits per heavy atom. The van der Waals surface area contributed by atoms with Crippen molar-refractivity contribution in [2.75, 3.05) is 27.7 Å². The molecule has 28 heavy (non-hydrogen) atoms. The van der Waals surface area contributed by atoms with Gasteiger partial charge in [-0.15, -0.1) is 6.58 Å². The van der Waals surface area contributed by atoms with Gasteiger partial charge >= 0.3 is 0 Å². The minimum Gasteiger partial charge on any atom is -0.359 e. The maximum atomic E-state index is 4.82. The van der Waals surface area contributed by atoms with Gasteiger partial charge in [0.05, 0.1) is 0 Å². The van der Waals surface area contributed by atoms with E-state index < -0.39 is 0 Å². The highest BCUT2D eigenvalue weighted by atomic mass is 15.2. The molecule has 0 aliphatic rings. The summed E-state index contributed by atoms with van der Waals surface area (Å²) in [5.74, 6) is 2.18. The predicted molar refractivity (Wildman–Crippen MR) is 126 cm³/mol. The lowest BCUT2D eigenvalue weighted by Crippen LogP contribution is -2.34. The van der Waals surface area contributed by atoms with Gasteiger partial charge in [0.1, 0.15) is 5.84 Å². The second-order valence-electron chi connectivity index (χ2n) is 7.14. The van der Waals surface area contributed by atoms with Crippen LogP contribution in [-0.2, 0) is 0 Å². The van der Waals surface area contributed by atoms with Crippen LogP contribution in [0.2, 0.25) is 0 Å². The van der Waals surface area contributed by atoms with E-state index in [9.17, 15) is 0 Å². The van der Waals surface area contributed by atoms with Crippen molar-refractivity contribution in [3.05, 3.63) is 49.1 Å². The van der Waals surface area contributed by atoms with Crippen LogP contribution in [0.1, 0.15) is 40.5 Å². The number of aliphatic imine (C=N–C) groups is 2. The Morgan fingerprint density at radius 1 is 1.14 bits per heavy atom. The summed E-state index contributed by atoms with van der Waals surface area (Å²) in [4.78, 5) is 11.3. The quantitative estimate of drug-likeness (QED) is 0.242. The van der Waals surface area contributed by atoms with Gasteiger partial charge < -0.3 is 15.5 Å². The number of amidine groups is 1. The van der Waals surface area contributed by atoms with Crippen molar-refractivity contribution in [3.63, 3.8) is 0 Å². The smallest absolute Gasteiger partial charge is 0.219 e. The van der Waals surface area contributed by atoms with E-state index in [1.807, 2.05) is 26.2 Å². The van der Waals surface area contributed by atoms with E-state index in [0.29, 0.717) is 17.9 Å². The number of likely N-dealkylation sites (N-methyl/N-ethyl adjacent to an activating group) is 2. The Kier molecular flexibility index (Phi) is 14.7. The van der Waals surface area contributed by atoms with E-state index in [0.717, 1.165) is 25.2 Å². The first kappa shape index (κ1) is 25.9. The van der Waals surface area contributed by atoms with Gasteiger partial charge in [-0.1, -0.05) is 49.5 Å². The van der Waals surface area contributed by atoms with Gasteiger partial charge in [-0.05, 0) is 40.2 Å². The Morgan fingerprint density at radius 3 is 2.32 bits per heavy atom. The monoisotopic (exact) mass is 387 g/mol. The molecule has 5 nitrogen and oxygen atoms in total. The molecule has 3 atom stereocenters. The number of hydrogen-bond donors (Lipinski definition) is 2. The molecule has 0 aromatic heterocycles. The molecule has 0 saturated carbocycles. The summed E-state index contributed by atoms with van der Waals surface area (Å²) in [5, 5.41) is 6.55. The van der Waals surface area contributed by atoms with Crippen LogP contribution in [0.3, 0.4) is 0 Å². The van der Waals surface area contributed by atoms with Gasteiger partial charge in [0, 0.05) is 39.1 Å². The molecule has 0 aliphatic heterocycles. The molecule has 158 valence electrons. The van der Waals surface area contributed by atoms with Crippen LogP contribution in [0.5, 0.6) is 0 Å². The van der Waals surface area contributed by atoms with E-state index in [1.165, 1.54) is 0 Å². The van der Waals surface area contributed by atoms with Crippen LogP contribution in [0.15, 0.2) is 59.1 Å². The van der Waals surface area contributed by atoms with E-state index in [-0.39, 0.29) is 6.04 Å². The Balaban J connectivity index is 5.13.